The Morgan fingerprint density at radius 1 is 1.15 bits per heavy atom. The van der Waals surface area contributed by atoms with Crippen LogP contribution in [0, 0.1) is 11.8 Å². The maximum Gasteiger partial charge on any atom is 0.329 e. The van der Waals surface area contributed by atoms with Crippen LogP contribution in [0.2, 0.25) is 0 Å². The molecule has 33 heavy (non-hydrogen) atoms. The molecule has 0 spiro atoms. The molecule has 0 saturated heterocycles. The van der Waals surface area contributed by atoms with Crippen LogP contribution >= 0.6 is 0 Å². The van der Waals surface area contributed by atoms with Crippen molar-refractivity contribution in [3.05, 3.63) is 41.1 Å². The molecule has 8 heteroatoms. The molecule has 2 N–H and O–H groups in total. The zero-order valence-electron chi connectivity index (χ0n) is 20.6. The fraction of sp³-hybridized carbons (Fsp3) is 0.520. The van der Waals surface area contributed by atoms with Gasteiger partial charge < -0.3 is 19.9 Å². The SMILES string of the molecule is COC(=O)C1C(C)=NC(C)=C(C(=O)NC(C(=O)OC(C)(C)C)C(C)C)C1c1cccc(O)c1. The summed E-state index contributed by atoms with van der Waals surface area (Å²) in [4.78, 5) is 43.5. The monoisotopic (exact) mass is 458 g/mol. The van der Waals surface area contributed by atoms with Gasteiger partial charge in [0.15, 0.2) is 0 Å². The number of nitrogens with one attached hydrogen (secondary N) is 1. The highest BCUT2D eigenvalue weighted by Gasteiger charge is 2.42. The number of rotatable bonds is 6. The maximum atomic E-state index is 13.6. The number of hydrogen-bond donors (Lipinski definition) is 2. The number of methoxy groups -OCH3 is 1. The lowest BCUT2D eigenvalue weighted by Gasteiger charge is -2.33. The van der Waals surface area contributed by atoms with Gasteiger partial charge in [0.2, 0.25) is 5.91 Å². The summed E-state index contributed by atoms with van der Waals surface area (Å²) in [6.45, 7) is 12.3. The van der Waals surface area contributed by atoms with Crippen molar-refractivity contribution in [2.24, 2.45) is 16.8 Å². The highest BCUT2D eigenvalue weighted by Crippen LogP contribution is 2.40. The summed E-state index contributed by atoms with van der Waals surface area (Å²) in [5.74, 6) is -3.48. The Bertz CT molecular complexity index is 987. The lowest BCUT2D eigenvalue weighted by Crippen LogP contribution is -2.49. The molecule has 1 aliphatic heterocycles. The summed E-state index contributed by atoms with van der Waals surface area (Å²) in [6.07, 6.45) is 0. The number of benzene rings is 1. The van der Waals surface area contributed by atoms with E-state index in [0.717, 1.165) is 0 Å². The van der Waals surface area contributed by atoms with Crippen LogP contribution in [0.4, 0.5) is 0 Å². The first-order valence-electron chi connectivity index (χ1n) is 10.9. The molecule has 1 aromatic carbocycles. The molecule has 1 amide bonds. The molecule has 0 aliphatic carbocycles. The van der Waals surface area contributed by atoms with Gasteiger partial charge >= 0.3 is 11.9 Å². The Balaban J connectivity index is 2.54. The number of ether oxygens (including phenoxy) is 2. The molecule has 1 heterocycles. The molecule has 2 rings (SSSR count). The maximum absolute atomic E-state index is 13.6. The highest BCUT2D eigenvalue weighted by molar-refractivity contribution is 6.08. The first kappa shape index (κ1) is 26.1. The average Bonchev–Trinajstić information content (AvgIpc) is 2.69. The summed E-state index contributed by atoms with van der Waals surface area (Å²) in [5, 5.41) is 12.8. The van der Waals surface area contributed by atoms with E-state index in [4.69, 9.17) is 9.47 Å². The van der Waals surface area contributed by atoms with E-state index in [-0.39, 0.29) is 17.2 Å². The van der Waals surface area contributed by atoms with Crippen molar-refractivity contribution >= 4 is 23.6 Å². The number of carbonyl (C=O) groups excluding carboxylic acids is 3. The third kappa shape index (κ3) is 6.21. The lowest BCUT2D eigenvalue weighted by molar-refractivity contribution is -0.159. The van der Waals surface area contributed by atoms with Gasteiger partial charge in [-0.05, 0) is 58.2 Å². The Labute approximate surface area is 195 Å². The van der Waals surface area contributed by atoms with Crippen LogP contribution in [0.1, 0.15) is 59.9 Å². The predicted octanol–water partition coefficient (Wildman–Crippen LogP) is 3.50. The number of allylic oxidation sites excluding steroid dienone is 1. The largest absolute Gasteiger partial charge is 0.508 e. The number of amides is 1. The fourth-order valence-corrected chi connectivity index (χ4v) is 3.93. The van der Waals surface area contributed by atoms with Crippen LogP contribution in [0.15, 0.2) is 40.5 Å². The summed E-state index contributed by atoms with van der Waals surface area (Å²) in [7, 11) is 1.28. The van der Waals surface area contributed by atoms with E-state index in [2.05, 4.69) is 10.3 Å². The molecule has 1 aliphatic rings. The summed E-state index contributed by atoms with van der Waals surface area (Å²) >= 11 is 0. The van der Waals surface area contributed by atoms with Crippen LogP contribution < -0.4 is 5.32 Å². The van der Waals surface area contributed by atoms with E-state index in [0.29, 0.717) is 17.0 Å². The second-order valence-corrected chi connectivity index (χ2v) is 9.55. The summed E-state index contributed by atoms with van der Waals surface area (Å²) in [5.41, 5.74) is 0.997. The first-order chi connectivity index (χ1) is 15.3. The molecule has 180 valence electrons. The van der Waals surface area contributed by atoms with Crippen molar-refractivity contribution in [3.8, 4) is 5.75 Å². The molecular formula is C25H34N2O6. The van der Waals surface area contributed by atoms with Crippen LogP contribution in [0.3, 0.4) is 0 Å². The number of carbonyl (C=O) groups is 3. The minimum Gasteiger partial charge on any atom is -0.508 e. The van der Waals surface area contributed by atoms with Gasteiger partial charge in [-0.1, -0.05) is 26.0 Å². The van der Waals surface area contributed by atoms with Crippen LogP contribution in [-0.2, 0) is 23.9 Å². The van der Waals surface area contributed by atoms with E-state index in [1.165, 1.54) is 19.2 Å². The number of aliphatic imine (C=N–C) groups is 1. The van der Waals surface area contributed by atoms with Gasteiger partial charge in [0.25, 0.3) is 0 Å². The molecular weight excluding hydrogens is 424 g/mol. The third-order valence-corrected chi connectivity index (χ3v) is 5.37. The Morgan fingerprint density at radius 2 is 1.79 bits per heavy atom. The molecule has 0 saturated carbocycles. The quantitative estimate of drug-likeness (QED) is 0.631. The predicted molar refractivity (Wildman–Crippen MR) is 125 cm³/mol. The molecule has 3 unspecified atom stereocenters. The summed E-state index contributed by atoms with van der Waals surface area (Å²) < 4.78 is 10.5. The van der Waals surface area contributed by atoms with Gasteiger partial charge in [-0.15, -0.1) is 0 Å². The van der Waals surface area contributed by atoms with E-state index in [1.54, 1.807) is 46.8 Å². The number of phenolic OH excluding ortho intramolecular Hbond substituents is 1. The molecule has 3 atom stereocenters. The van der Waals surface area contributed by atoms with Crippen LogP contribution in [0.5, 0.6) is 5.75 Å². The zero-order valence-corrected chi connectivity index (χ0v) is 20.6. The van der Waals surface area contributed by atoms with Crippen molar-refractivity contribution in [1.82, 2.24) is 5.32 Å². The highest BCUT2D eigenvalue weighted by atomic mass is 16.6. The number of phenols is 1. The lowest BCUT2D eigenvalue weighted by atomic mass is 9.75. The van der Waals surface area contributed by atoms with E-state index >= 15 is 0 Å². The van der Waals surface area contributed by atoms with Crippen LogP contribution in [0.25, 0.3) is 0 Å². The minimum absolute atomic E-state index is 0.00232. The van der Waals surface area contributed by atoms with E-state index < -0.39 is 41.3 Å². The summed E-state index contributed by atoms with van der Waals surface area (Å²) in [6, 6.07) is 5.49. The van der Waals surface area contributed by atoms with E-state index in [1.807, 2.05) is 13.8 Å². The Kier molecular flexibility index (Phi) is 8.06. The van der Waals surface area contributed by atoms with Gasteiger partial charge in [0.1, 0.15) is 23.3 Å². The van der Waals surface area contributed by atoms with Gasteiger partial charge in [-0.25, -0.2) is 4.79 Å². The zero-order chi connectivity index (χ0) is 25.1. The Morgan fingerprint density at radius 3 is 2.30 bits per heavy atom. The fourth-order valence-electron chi connectivity index (χ4n) is 3.93. The number of nitrogens with zero attached hydrogens (tertiary/aromatic N) is 1. The van der Waals surface area contributed by atoms with Crippen molar-refractivity contribution in [2.75, 3.05) is 7.11 Å². The second-order valence-electron chi connectivity index (χ2n) is 9.55. The average molecular weight is 459 g/mol. The van der Waals surface area contributed by atoms with E-state index in [9.17, 15) is 19.5 Å². The van der Waals surface area contributed by atoms with Gasteiger partial charge in [0.05, 0.1) is 7.11 Å². The van der Waals surface area contributed by atoms with Crippen molar-refractivity contribution in [1.29, 1.82) is 0 Å². The van der Waals surface area contributed by atoms with Gasteiger partial charge in [0, 0.05) is 22.9 Å². The van der Waals surface area contributed by atoms with Gasteiger partial charge in [-0.2, -0.15) is 0 Å². The first-order valence-corrected chi connectivity index (χ1v) is 10.9. The second kappa shape index (κ2) is 10.2. The molecule has 0 fully saturated rings. The number of aromatic hydroxyl groups is 1. The molecule has 8 nitrogen and oxygen atoms in total. The molecule has 0 bridgehead atoms. The molecule has 1 aromatic rings. The Hall–Kier alpha value is -3.16. The number of hydrogen-bond acceptors (Lipinski definition) is 7. The normalized spacial score (nSPS) is 19.6. The molecule has 0 aromatic heterocycles. The van der Waals surface area contributed by atoms with Crippen molar-refractivity contribution < 1.29 is 29.0 Å². The molecule has 0 radical (unpaired) electrons. The van der Waals surface area contributed by atoms with Crippen molar-refractivity contribution in [2.45, 2.75) is 66.0 Å². The van der Waals surface area contributed by atoms with Crippen LogP contribution in [-0.4, -0.2) is 47.4 Å². The van der Waals surface area contributed by atoms with Crippen molar-refractivity contribution in [3.63, 3.8) is 0 Å². The third-order valence-electron chi connectivity index (χ3n) is 5.37. The topological polar surface area (TPSA) is 114 Å². The number of esters is 2. The van der Waals surface area contributed by atoms with Gasteiger partial charge in [-0.3, -0.25) is 14.6 Å². The minimum atomic E-state index is -0.898. The smallest absolute Gasteiger partial charge is 0.329 e. The standard InChI is InChI=1S/C25H34N2O6/c1-13(2)21(24(31)33-25(5,6)7)27-22(29)18-14(3)26-15(4)19(23(30)32-8)20(18)16-10-9-11-17(28)12-16/h9-13,19-21,28H,1-8H3,(H,27,29).